The first kappa shape index (κ1) is 20.0. The van der Waals surface area contributed by atoms with E-state index in [0.717, 1.165) is 18.2 Å². The molecule has 2 aromatic rings. The zero-order valence-corrected chi connectivity index (χ0v) is 16.5. The predicted molar refractivity (Wildman–Crippen MR) is 107 cm³/mol. The molecular weight excluding hydrogens is 348 g/mol. The zero-order valence-electron chi connectivity index (χ0n) is 15.7. The molecule has 0 bridgehead atoms. The third-order valence-corrected chi connectivity index (χ3v) is 5.43. The first-order valence-electron chi connectivity index (χ1n) is 8.72. The second kappa shape index (κ2) is 8.36. The Hall–Kier alpha value is -2.34. The fraction of sp³-hybridized carbons (Fsp3) is 0.350. The van der Waals surface area contributed by atoms with Crippen LogP contribution in [0.5, 0.6) is 0 Å². The van der Waals surface area contributed by atoms with Gasteiger partial charge in [0.15, 0.2) is 0 Å². The van der Waals surface area contributed by atoms with Gasteiger partial charge in [0.2, 0.25) is 15.9 Å². The van der Waals surface area contributed by atoms with Gasteiger partial charge in [-0.05, 0) is 49.6 Å². The third-order valence-electron chi connectivity index (χ3n) is 4.25. The normalized spacial score (nSPS) is 12.5. The van der Waals surface area contributed by atoms with E-state index in [0.29, 0.717) is 17.8 Å². The van der Waals surface area contributed by atoms with E-state index in [1.165, 1.54) is 9.87 Å². The molecule has 2 aromatic carbocycles. The average Bonchev–Trinajstić information content (AvgIpc) is 2.60. The number of nitrogens with zero attached hydrogens (tertiary/aromatic N) is 1. The minimum absolute atomic E-state index is 0.345. The number of hydrogen-bond donors (Lipinski definition) is 1. The van der Waals surface area contributed by atoms with E-state index in [9.17, 15) is 13.2 Å². The van der Waals surface area contributed by atoms with E-state index in [1.54, 1.807) is 19.1 Å². The Morgan fingerprint density at radius 1 is 1.04 bits per heavy atom. The van der Waals surface area contributed by atoms with Crippen LogP contribution in [0.4, 0.5) is 11.4 Å². The lowest BCUT2D eigenvalue weighted by molar-refractivity contribution is -0.117. The van der Waals surface area contributed by atoms with Crippen molar-refractivity contribution in [1.82, 2.24) is 0 Å². The molecule has 5 nitrogen and oxygen atoms in total. The lowest BCUT2D eigenvalue weighted by Crippen LogP contribution is -2.47. The largest absolute Gasteiger partial charge is 0.324 e. The van der Waals surface area contributed by atoms with Gasteiger partial charge in [0.05, 0.1) is 11.9 Å². The van der Waals surface area contributed by atoms with Crippen LogP contribution >= 0.6 is 0 Å². The van der Waals surface area contributed by atoms with E-state index < -0.39 is 16.1 Å². The summed E-state index contributed by atoms with van der Waals surface area (Å²) in [5, 5.41) is 2.83. The molecule has 6 heteroatoms. The molecule has 0 unspecified atom stereocenters. The molecule has 0 aliphatic heterocycles. The van der Waals surface area contributed by atoms with Gasteiger partial charge < -0.3 is 5.32 Å². The molecule has 0 aliphatic rings. The van der Waals surface area contributed by atoms with Crippen molar-refractivity contribution in [1.29, 1.82) is 0 Å². The highest BCUT2D eigenvalue weighted by Crippen LogP contribution is 2.24. The Morgan fingerprint density at radius 3 is 2.08 bits per heavy atom. The summed E-state index contributed by atoms with van der Waals surface area (Å²) in [6.45, 7) is 5.79. The quantitative estimate of drug-likeness (QED) is 0.803. The van der Waals surface area contributed by atoms with Gasteiger partial charge in [-0.1, -0.05) is 43.7 Å². The minimum Gasteiger partial charge on any atom is -0.324 e. The molecule has 0 heterocycles. The summed E-state index contributed by atoms with van der Waals surface area (Å²) in [4.78, 5) is 12.8. The number of nitrogens with one attached hydrogen (secondary N) is 1. The lowest BCUT2D eigenvalue weighted by atomic mass is 10.1. The number of aryl methyl sites for hydroxylation is 2. The second-order valence-electron chi connectivity index (χ2n) is 6.36. The van der Waals surface area contributed by atoms with Gasteiger partial charge in [-0.25, -0.2) is 8.42 Å². The lowest BCUT2D eigenvalue weighted by Gasteiger charge is -2.30. The molecule has 0 aliphatic carbocycles. The number of anilines is 2. The van der Waals surface area contributed by atoms with Crippen molar-refractivity contribution in [2.24, 2.45) is 0 Å². The molecule has 0 fully saturated rings. The number of benzene rings is 2. The first-order chi connectivity index (χ1) is 12.3. The highest BCUT2D eigenvalue weighted by Gasteiger charge is 2.31. The molecule has 0 spiro atoms. The van der Waals surface area contributed by atoms with E-state index >= 15 is 0 Å². The highest BCUT2D eigenvalue weighted by molar-refractivity contribution is 7.92. The van der Waals surface area contributed by atoms with Gasteiger partial charge in [0.1, 0.15) is 6.04 Å². The van der Waals surface area contributed by atoms with Crippen LogP contribution in [0.2, 0.25) is 0 Å². The van der Waals surface area contributed by atoms with Gasteiger partial charge in [-0.3, -0.25) is 9.10 Å². The Bertz CT molecular complexity index is 844. The number of sulfonamides is 1. The van der Waals surface area contributed by atoms with Gasteiger partial charge in [-0.2, -0.15) is 0 Å². The van der Waals surface area contributed by atoms with Crippen LogP contribution in [-0.4, -0.2) is 26.6 Å². The third kappa shape index (κ3) is 4.85. The van der Waals surface area contributed by atoms with Crippen molar-refractivity contribution in [2.75, 3.05) is 15.9 Å². The Labute approximate surface area is 156 Å². The van der Waals surface area contributed by atoms with Gasteiger partial charge >= 0.3 is 0 Å². The molecule has 1 amide bonds. The Balaban J connectivity index is 2.31. The van der Waals surface area contributed by atoms with Crippen LogP contribution in [0, 0.1) is 6.92 Å². The van der Waals surface area contributed by atoms with Crippen molar-refractivity contribution in [3.05, 3.63) is 59.7 Å². The van der Waals surface area contributed by atoms with Crippen LogP contribution < -0.4 is 9.62 Å². The molecular formula is C20H26N2O3S. The van der Waals surface area contributed by atoms with Gasteiger partial charge in [-0.15, -0.1) is 0 Å². The number of rotatable bonds is 7. The Morgan fingerprint density at radius 2 is 1.62 bits per heavy atom. The summed E-state index contributed by atoms with van der Waals surface area (Å²) in [5.74, 6) is -0.345. The maximum Gasteiger partial charge on any atom is 0.248 e. The molecule has 140 valence electrons. The maximum absolute atomic E-state index is 12.8. The zero-order chi connectivity index (χ0) is 19.3. The van der Waals surface area contributed by atoms with Crippen LogP contribution in [0.3, 0.4) is 0 Å². The highest BCUT2D eigenvalue weighted by atomic mass is 32.2. The minimum atomic E-state index is -3.62. The van der Waals surface area contributed by atoms with E-state index in [-0.39, 0.29) is 5.91 Å². The van der Waals surface area contributed by atoms with Crippen molar-refractivity contribution in [3.8, 4) is 0 Å². The van der Waals surface area contributed by atoms with Crippen molar-refractivity contribution < 1.29 is 13.2 Å². The summed E-state index contributed by atoms with van der Waals surface area (Å²) < 4.78 is 26.0. The second-order valence-corrected chi connectivity index (χ2v) is 8.22. The standard InChI is InChI=1S/C20H26N2O3S/c1-5-16-9-11-17(12-10-16)21-20(23)19(6-2)22(26(4,24)25)18-13-7-15(3)8-14-18/h7-14,19H,5-6H2,1-4H3,(H,21,23)/t19-/m0/s1. The topological polar surface area (TPSA) is 66.5 Å². The molecule has 0 radical (unpaired) electrons. The molecule has 26 heavy (non-hydrogen) atoms. The molecule has 0 saturated carbocycles. The monoisotopic (exact) mass is 374 g/mol. The fourth-order valence-electron chi connectivity index (χ4n) is 2.80. The van der Waals surface area contributed by atoms with Gasteiger partial charge in [0.25, 0.3) is 0 Å². The SMILES string of the molecule is CCc1ccc(NC(=O)[C@H](CC)N(c2ccc(C)cc2)S(C)(=O)=O)cc1. The summed E-state index contributed by atoms with van der Waals surface area (Å²) in [6.07, 6.45) is 2.40. The molecule has 2 rings (SSSR count). The van der Waals surface area contributed by atoms with Crippen LogP contribution in [0.1, 0.15) is 31.4 Å². The van der Waals surface area contributed by atoms with E-state index in [1.807, 2.05) is 43.3 Å². The van der Waals surface area contributed by atoms with E-state index in [2.05, 4.69) is 12.2 Å². The summed E-state index contributed by atoms with van der Waals surface area (Å²) >= 11 is 0. The smallest absolute Gasteiger partial charge is 0.248 e. The number of amides is 1. The average molecular weight is 375 g/mol. The molecule has 1 atom stereocenters. The summed E-state index contributed by atoms with van der Waals surface area (Å²) in [7, 11) is -3.62. The summed E-state index contributed by atoms with van der Waals surface area (Å²) in [6, 6.07) is 13.9. The first-order valence-corrected chi connectivity index (χ1v) is 10.6. The van der Waals surface area contributed by atoms with Gasteiger partial charge in [0, 0.05) is 5.69 Å². The van der Waals surface area contributed by atoms with Crippen molar-refractivity contribution in [2.45, 2.75) is 39.7 Å². The Kier molecular flexibility index (Phi) is 6.42. The number of hydrogen-bond acceptors (Lipinski definition) is 3. The van der Waals surface area contributed by atoms with Crippen molar-refractivity contribution >= 4 is 27.3 Å². The maximum atomic E-state index is 12.8. The molecule has 1 N–H and O–H groups in total. The molecule has 0 aromatic heterocycles. The number of carbonyl (C=O) groups excluding carboxylic acids is 1. The van der Waals surface area contributed by atoms with Crippen molar-refractivity contribution in [3.63, 3.8) is 0 Å². The van der Waals surface area contributed by atoms with Crippen LogP contribution in [0.15, 0.2) is 48.5 Å². The fourth-order valence-corrected chi connectivity index (χ4v) is 4.01. The molecule has 0 saturated heterocycles. The number of carbonyl (C=O) groups is 1. The van der Waals surface area contributed by atoms with Crippen LogP contribution in [0.25, 0.3) is 0 Å². The van der Waals surface area contributed by atoms with Crippen LogP contribution in [-0.2, 0) is 21.2 Å². The van der Waals surface area contributed by atoms with E-state index in [4.69, 9.17) is 0 Å². The summed E-state index contributed by atoms with van der Waals surface area (Å²) in [5.41, 5.74) is 3.34. The predicted octanol–water partition coefficient (Wildman–Crippen LogP) is 3.74.